The van der Waals surface area contributed by atoms with Crippen molar-refractivity contribution in [3.8, 4) is 11.6 Å². The summed E-state index contributed by atoms with van der Waals surface area (Å²) in [5, 5.41) is 3.76. The zero-order valence-corrected chi connectivity index (χ0v) is 12.8. The van der Waals surface area contributed by atoms with E-state index in [0.717, 1.165) is 10.1 Å². The van der Waals surface area contributed by atoms with E-state index in [1.807, 2.05) is 6.92 Å². The van der Waals surface area contributed by atoms with Gasteiger partial charge in [-0.05, 0) is 31.5 Å². The van der Waals surface area contributed by atoms with Gasteiger partial charge in [-0.1, -0.05) is 17.7 Å². The number of halogens is 4. The molecule has 0 unspecified atom stereocenters. The van der Waals surface area contributed by atoms with Gasteiger partial charge in [-0.2, -0.15) is 22.7 Å². The lowest BCUT2D eigenvalue weighted by Gasteiger charge is -2.09. The largest absolute Gasteiger partial charge is 0.453 e. The number of aryl methyl sites for hydroxylation is 2. The summed E-state index contributed by atoms with van der Waals surface area (Å²) < 4.78 is 44.8. The fourth-order valence-electron chi connectivity index (χ4n) is 1.95. The minimum absolute atomic E-state index is 0.0428. The Bertz CT molecular complexity index is 892. The first-order chi connectivity index (χ1) is 10.7. The number of rotatable bonds is 2. The molecule has 0 aliphatic rings. The number of alkyl halides is 3. The van der Waals surface area contributed by atoms with Crippen molar-refractivity contribution < 1.29 is 17.9 Å². The third-order valence-corrected chi connectivity index (χ3v) is 3.26. The Balaban J connectivity index is 2.11. The van der Waals surface area contributed by atoms with Crippen molar-refractivity contribution in [2.45, 2.75) is 20.0 Å². The summed E-state index contributed by atoms with van der Waals surface area (Å²) in [4.78, 5) is 7.31. The molecule has 0 aliphatic carbocycles. The Labute approximate surface area is 133 Å². The van der Waals surface area contributed by atoms with Crippen LogP contribution in [0.5, 0.6) is 11.6 Å². The van der Waals surface area contributed by atoms with Crippen LogP contribution in [0.3, 0.4) is 0 Å². The van der Waals surface area contributed by atoms with E-state index >= 15 is 0 Å². The van der Waals surface area contributed by atoms with Gasteiger partial charge in [0.2, 0.25) is 5.88 Å². The monoisotopic (exact) mass is 342 g/mol. The standard InChI is InChI=1S/C14H10ClF3N4O/c1-7-3-4-10(9(15)5-7)23-11-6-8(2)19-13-20-12(14(16,17)18)21-22(11)13/h3-6H,1-2H3. The van der Waals surface area contributed by atoms with Gasteiger partial charge in [-0.3, -0.25) is 0 Å². The van der Waals surface area contributed by atoms with Crippen molar-refractivity contribution in [3.05, 3.63) is 46.4 Å². The second kappa shape index (κ2) is 5.38. The number of hydrogen-bond donors (Lipinski definition) is 0. The molecule has 0 spiro atoms. The third-order valence-electron chi connectivity index (χ3n) is 2.96. The Kier molecular flexibility index (Phi) is 3.63. The summed E-state index contributed by atoms with van der Waals surface area (Å²) >= 11 is 6.08. The highest BCUT2D eigenvalue weighted by Crippen LogP contribution is 2.31. The highest BCUT2D eigenvalue weighted by atomic mass is 35.5. The minimum atomic E-state index is -4.67. The molecule has 1 aromatic carbocycles. The zero-order chi connectivity index (χ0) is 16.8. The van der Waals surface area contributed by atoms with Crippen LogP contribution in [0, 0.1) is 13.8 Å². The second-order valence-corrected chi connectivity index (χ2v) is 5.32. The molecule has 3 rings (SSSR count). The van der Waals surface area contributed by atoms with E-state index in [1.54, 1.807) is 25.1 Å². The molecule has 5 nitrogen and oxygen atoms in total. The van der Waals surface area contributed by atoms with Gasteiger partial charge >= 0.3 is 6.18 Å². The summed E-state index contributed by atoms with van der Waals surface area (Å²) in [5.41, 5.74) is 1.37. The van der Waals surface area contributed by atoms with Gasteiger partial charge in [0.25, 0.3) is 11.6 Å². The summed E-state index contributed by atoms with van der Waals surface area (Å²) in [6.45, 7) is 3.48. The highest BCUT2D eigenvalue weighted by Gasteiger charge is 2.37. The van der Waals surface area contributed by atoms with Crippen LogP contribution in [0.15, 0.2) is 24.3 Å². The van der Waals surface area contributed by atoms with E-state index in [4.69, 9.17) is 16.3 Å². The zero-order valence-electron chi connectivity index (χ0n) is 12.0. The average Bonchev–Trinajstić information content (AvgIpc) is 2.85. The summed E-state index contributed by atoms with van der Waals surface area (Å²) in [5.74, 6) is -1.14. The van der Waals surface area contributed by atoms with Gasteiger partial charge in [-0.15, -0.1) is 5.10 Å². The molecule has 2 heterocycles. The van der Waals surface area contributed by atoms with E-state index in [1.165, 1.54) is 6.07 Å². The van der Waals surface area contributed by atoms with Crippen LogP contribution >= 0.6 is 11.6 Å². The topological polar surface area (TPSA) is 52.3 Å². The molecule has 0 saturated carbocycles. The molecular weight excluding hydrogens is 333 g/mol. The minimum Gasteiger partial charge on any atom is -0.437 e. The maximum Gasteiger partial charge on any atom is 0.453 e. The van der Waals surface area contributed by atoms with Crippen LogP contribution in [0.1, 0.15) is 17.1 Å². The maximum absolute atomic E-state index is 12.8. The molecule has 0 aliphatic heterocycles. The summed E-state index contributed by atoms with van der Waals surface area (Å²) in [6, 6.07) is 6.54. The van der Waals surface area contributed by atoms with Gasteiger partial charge in [0.05, 0.1) is 5.02 Å². The number of ether oxygens (including phenoxy) is 1. The van der Waals surface area contributed by atoms with Crippen molar-refractivity contribution in [1.82, 2.24) is 19.6 Å². The quantitative estimate of drug-likeness (QED) is 0.700. The molecule has 0 saturated heterocycles. The molecule has 120 valence electrons. The van der Waals surface area contributed by atoms with Crippen LogP contribution in [-0.2, 0) is 6.18 Å². The number of benzene rings is 1. The maximum atomic E-state index is 12.8. The Morgan fingerprint density at radius 1 is 1.13 bits per heavy atom. The van der Waals surface area contributed by atoms with Crippen LogP contribution in [0.2, 0.25) is 5.02 Å². The lowest BCUT2D eigenvalue weighted by molar-refractivity contribution is -0.144. The van der Waals surface area contributed by atoms with E-state index in [0.29, 0.717) is 16.5 Å². The lowest BCUT2D eigenvalue weighted by atomic mass is 10.2. The highest BCUT2D eigenvalue weighted by molar-refractivity contribution is 6.32. The van der Waals surface area contributed by atoms with Crippen LogP contribution in [0.4, 0.5) is 13.2 Å². The van der Waals surface area contributed by atoms with Crippen molar-refractivity contribution in [2.24, 2.45) is 0 Å². The van der Waals surface area contributed by atoms with Crippen molar-refractivity contribution in [2.75, 3.05) is 0 Å². The number of aromatic nitrogens is 4. The fourth-order valence-corrected chi connectivity index (χ4v) is 2.22. The van der Waals surface area contributed by atoms with E-state index in [9.17, 15) is 13.2 Å². The predicted molar refractivity (Wildman–Crippen MR) is 76.8 cm³/mol. The molecule has 0 radical (unpaired) electrons. The van der Waals surface area contributed by atoms with Crippen LogP contribution < -0.4 is 4.74 Å². The Morgan fingerprint density at radius 3 is 2.52 bits per heavy atom. The molecule has 0 bridgehead atoms. The first-order valence-corrected chi connectivity index (χ1v) is 6.87. The lowest BCUT2D eigenvalue weighted by Crippen LogP contribution is -2.08. The average molecular weight is 343 g/mol. The molecule has 0 atom stereocenters. The van der Waals surface area contributed by atoms with E-state index in [2.05, 4.69) is 15.1 Å². The fraction of sp³-hybridized carbons (Fsp3) is 0.214. The van der Waals surface area contributed by atoms with Crippen molar-refractivity contribution in [1.29, 1.82) is 0 Å². The smallest absolute Gasteiger partial charge is 0.437 e. The van der Waals surface area contributed by atoms with Gasteiger partial charge in [0.15, 0.2) is 0 Å². The SMILES string of the molecule is Cc1ccc(Oc2cc(C)nc3nc(C(F)(F)F)nn23)c(Cl)c1. The van der Waals surface area contributed by atoms with Gasteiger partial charge in [-0.25, -0.2) is 4.98 Å². The summed E-state index contributed by atoms with van der Waals surface area (Å²) in [6.07, 6.45) is -4.67. The van der Waals surface area contributed by atoms with Crippen molar-refractivity contribution >= 4 is 17.4 Å². The molecule has 3 aromatic rings. The van der Waals surface area contributed by atoms with Gasteiger partial charge in [0.1, 0.15) is 5.75 Å². The molecule has 0 fully saturated rings. The van der Waals surface area contributed by atoms with E-state index in [-0.39, 0.29) is 11.7 Å². The second-order valence-electron chi connectivity index (χ2n) is 4.92. The number of fused-ring (bicyclic) bond motifs is 1. The normalized spacial score (nSPS) is 11.9. The first kappa shape index (κ1) is 15.5. The molecule has 23 heavy (non-hydrogen) atoms. The van der Waals surface area contributed by atoms with Crippen LogP contribution in [0.25, 0.3) is 5.78 Å². The molecule has 0 N–H and O–H groups in total. The number of nitrogens with zero attached hydrogens (tertiary/aromatic N) is 4. The molecule has 0 amide bonds. The first-order valence-electron chi connectivity index (χ1n) is 6.49. The van der Waals surface area contributed by atoms with Gasteiger partial charge in [0, 0.05) is 11.8 Å². The molecule has 9 heteroatoms. The predicted octanol–water partition coefficient (Wildman–Crippen LogP) is 4.21. The van der Waals surface area contributed by atoms with Gasteiger partial charge < -0.3 is 4.74 Å². The summed E-state index contributed by atoms with van der Waals surface area (Å²) in [7, 11) is 0. The van der Waals surface area contributed by atoms with Crippen molar-refractivity contribution in [3.63, 3.8) is 0 Å². The Morgan fingerprint density at radius 2 is 1.87 bits per heavy atom. The molecule has 2 aromatic heterocycles. The third kappa shape index (κ3) is 3.07. The van der Waals surface area contributed by atoms with Crippen LogP contribution in [-0.4, -0.2) is 19.6 Å². The number of hydrogen-bond acceptors (Lipinski definition) is 4. The molecular formula is C14H10ClF3N4O. The Hall–Kier alpha value is -2.35. The van der Waals surface area contributed by atoms with E-state index < -0.39 is 12.0 Å².